The van der Waals surface area contributed by atoms with Crippen molar-refractivity contribution in [3.8, 4) is 5.75 Å². The molecule has 2 aromatic carbocycles. The summed E-state index contributed by atoms with van der Waals surface area (Å²) in [7, 11) is -2.97. The van der Waals surface area contributed by atoms with Gasteiger partial charge in [0, 0.05) is 4.47 Å². The van der Waals surface area contributed by atoms with E-state index in [4.69, 9.17) is 0 Å². The smallest absolute Gasteiger partial charge is 0.469 e. The third-order valence-corrected chi connectivity index (χ3v) is 5.50. The lowest BCUT2D eigenvalue weighted by molar-refractivity contribution is -0.274. The molecule has 0 aromatic heterocycles. The summed E-state index contributed by atoms with van der Waals surface area (Å²) in [5.41, 5.74) is 0.500. The second-order valence-corrected chi connectivity index (χ2v) is 8.16. The number of halogens is 4. The number of methoxy groups -OCH3 is 1. The van der Waals surface area contributed by atoms with Gasteiger partial charge < -0.3 is 9.47 Å². The highest BCUT2D eigenvalue weighted by molar-refractivity contribution is 9.10. The predicted molar refractivity (Wildman–Crippen MR) is 97.0 cm³/mol. The van der Waals surface area contributed by atoms with Crippen molar-refractivity contribution in [3.05, 3.63) is 58.6 Å². The molecule has 0 spiro atoms. The molecule has 11 heteroatoms. The molecule has 0 saturated carbocycles. The number of carbonyl (C=O) groups is 1. The highest BCUT2D eigenvalue weighted by atomic mass is 79.9. The molecule has 28 heavy (non-hydrogen) atoms. The van der Waals surface area contributed by atoms with Crippen LogP contribution in [0.25, 0.3) is 0 Å². The molecule has 1 atom stereocenters. The summed E-state index contributed by atoms with van der Waals surface area (Å²) in [6, 6.07) is 9.43. The van der Waals surface area contributed by atoms with Gasteiger partial charge in [-0.05, 0) is 42.0 Å². The first-order valence-corrected chi connectivity index (χ1v) is 9.98. The molecule has 0 amide bonds. The highest BCUT2D eigenvalue weighted by Crippen LogP contribution is 2.26. The monoisotopic (exact) mass is 481 g/mol. The number of sulfonamides is 1. The van der Waals surface area contributed by atoms with Gasteiger partial charge in [-0.3, -0.25) is 4.79 Å². The Labute approximate surface area is 167 Å². The quantitative estimate of drug-likeness (QED) is 0.605. The predicted octanol–water partition coefficient (Wildman–Crippen LogP) is 3.93. The third kappa shape index (κ3) is 6.50. The molecule has 2 rings (SSSR count). The van der Waals surface area contributed by atoms with Gasteiger partial charge in [0.2, 0.25) is 10.0 Å². The average Bonchev–Trinajstić information content (AvgIpc) is 2.60. The van der Waals surface area contributed by atoms with Crippen LogP contribution in [-0.2, 0) is 19.6 Å². The molecule has 0 unspecified atom stereocenters. The fourth-order valence-electron chi connectivity index (χ4n) is 2.28. The molecule has 152 valence electrons. The minimum absolute atomic E-state index is 0.276. The zero-order valence-corrected chi connectivity index (χ0v) is 16.8. The van der Waals surface area contributed by atoms with Crippen LogP contribution in [0.4, 0.5) is 13.2 Å². The van der Waals surface area contributed by atoms with Crippen LogP contribution in [-0.4, -0.2) is 27.9 Å². The Bertz CT molecular complexity index is 933. The standard InChI is InChI=1S/C17H15BrF3NO5S/c1-26-16(23)10-15(11-3-2-4-12(18)9-11)22-28(24,25)14-7-5-13(6-8-14)27-17(19,20)21/h2-9,15,22H,10H2,1H3/t15-/m1/s1. The number of ether oxygens (including phenoxy) is 2. The van der Waals surface area contributed by atoms with E-state index in [2.05, 4.69) is 30.1 Å². The molecular formula is C17H15BrF3NO5S. The first kappa shape index (κ1) is 22.2. The van der Waals surface area contributed by atoms with E-state index < -0.39 is 34.1 Å². The normalized spacial score (nSPS) is 13.0. The van der Waals surface area contributed by atoms with Crippen LogP contribution < -0.4 is 9.46 Å². The van der Waals surface area contributed by atoms with E-state index in [0.29, 0.717) is 10.0 Å². The molecule has 0 fully saturated rings. The maximum Gasteiger partial charge on any atom is 0.573 e. The van der Waals surface area contributed by atoms with Gasteiger partial charge in [0.25, 0.3) is 0 Å². The number of benzene rings is 2. The Hall–Kier alpha value is -2.11. The van der Waals surface area contributed by atoms with Crippen LogP contribution >= 0.6 is 15.9 Å². The maximum atomic E-state index is 12.6. The second kappa shape index (κ2) is 8.93. The summed E-state index contributed by atoms with van der Waals surface area (Å²) < 4.78 is 73.3. The van der Waals surface area contributed by atoms with Crippen molar-refractivity contribution < 1.29 is 35.9 Å². The summed E-state index contributed by atoms with van der Waals surface area (Å²) >= 11 is 3.27. The van der Waals surface area contributed by atoms with E-state index in [-0.39, 0.29) is 11.3 Å². The molecular weight excluding hydrogens is 467 g/mol. The lowest BCUT2D eigenvalue weighted by atomic mass is 10.1. The van der Waals surface area contributed by atoms with E-state index in [1.54, 1.807) is 24.3 Å². The molecule has 0 radical (unpaired) electrons. The molecule has 0 aliphatic carbocycles. The molecule has 2 aromatic rings. The Morgan fingerprint density at radius 2 is 1.82 bits per heavy atom. The zero-order chi connectivity index (χ0) is 20.9. The summed E-state index contributed by atoms with van der Waals surface area (Å²) in [5.74, 6) is -1.19. The number of hydrogen-bond acceptors (Lipinski definition) is 5. The molecule has 1 N–H and O–H groups in total. The number of rotatable bonds is 7. The lowest BCUT2D eigenvalue weighted by Crippen LogP contribution is -2.30. The Balaban J connectivity index is 2.27. The minimum atomic E-state index is -4.88. The summed E-state index contributed by atoms with van der Waals surface area (Å²) in [6.07, 6.45) is -5.16. The first-order chi connectivity index (χ1) is 13.0. The second-order valence-electron chi connectivity index (χ2n) is 5.53. The van der Waals surface area contributed by atoms with Crippen molar-refractivity contribution >= 4 is 31.9 Å². The zero-order valence-electron chi connectivity index (χ0n) is 14.4. The summed E-state index contributed by atoms with van der Waals surface area (Å²) in [6.45, 7) is 0. The SMILES string of the molecule is COC(=O)C[C@@H](NS(=O)(=O)c1ccc(OC(F)(F)F)cc1)c1cccc(Br)c1. The molecule has 6 nitrogen and oxygen atoms in total. The fourth-order valence-corrected chi connectivity index (χ4v) is 3.92. The van der Waals surface area contributed by atoms with E-state index in [0.717, 1.165) is 24.3 Å². The van der Waals surface area contributed by atoms with Crippen molar-refractivity contribution in [2.24, 2.45) is 0 Å². The van der Waals surface area contributed by atoms with Gasteiger partial charge in [-0.1, -0.05) is 28.1 Å². The van der Waals surface area contributed by atoms with Crippen LogP contribution in [0, 0.1) is 0 Å². The summed E-state index contributed by atoms with van der Waals surface area (Å²) in [4.78, 5) is 11.4. The van der Waals surface area contributed by atoms with Gasteiger partial charge in [-0.25, -0.2) is 13.1 Å². The maximum absolute atomic E-state index is 12.6. The van der Waals surface area contributed by atoms with E-state index in [9.17, 15) is 26.4 Å². The average molecular weight is 482 g/mol. The lowest BCUT2D eigenvalue weighted by Gasteiger charge is -2.19. The van der Waals surface area contributed by atoms with Crippen LogP contribution in [0.3, 0.4) is 0 Å². The van der Waals surface area contributed by atoms with Crippen molar-refractivity contribution in [2.45, 2.75) is 23.7 Å². The van der Waals surface area contributed by atoms with Gasteiger partial charge in [-0.15, -0.1) is 13.2 Å². The van der Waals surface area contributed by atoms with Crippen LogP contribution in [0.5, 0.6) is 5.75 Å². The van der Waals surface area contributed by atoms with E-state index >= 15 is 0 Å². The molecule has 0 aliphatic rings. The van der Waals surface area contributed by atoms with Gasteiger partial charge in [0.05, 0.1) is 24.5 Å². The highest BCUT2D eigenvalue weighted by Gasteiger charge is 2.31. The van der Waals surface area contributed by atoms with Gasteiger partial charge >= 0.3 is 12.3 Å². The number of hydrogen-bond donors (Lipinski definition) is 1. The van der Waals surface area contributed by atoms with E-state index in [1.165, 1.54) is 7.11 Å². The topological polar surface area (TPSA) is 81.7 Å². The van der Waals surface area contributed by atoms with Gasteiger partial charge in [0.15, 0.2) is 0 Å². The molecule has 0 saturated heterocycles. The molecule has 0 aliphatic heterocycles. The number of alkyl halides is 3. The van der Waals surface area contributed by atoms with Crippen LogP contribution in [0.2, 0.25) is 0 Å². The Kier molecular flexibility index (Phi) is 7.07. The molecule has 0 heterocycles. The third-order valence-electron chi connectivity index (χ3n) is 3.51. The van der Waals surface area contributed by atoms with Gasteiger partial charge in [0.1, 0.15) is 5.75 Å². The molecule has 0 bridgehead atoms. The Morgan fingerprint density at radius 1 is 1.18 bits per heavy atom. The fraction of sp³-hybridized carbons (Fsp3) is 0.235. The van der Waals surface area contributed by atoms with Crippen molar-refractivity contribution in [1.82, 2.24) is 4.72 Å². The first-order valence-electron chi connectivity index (χ1n) is 7.70. The number of esters is 1. The van der Waals surface area contributed by atoms with Gasteiger partial charge in [-0.2, -0.15) is 0 Å². The van der Waals surface area contributed by atoms with Crippen LogP contribution in [0.15, 0.2) is 57.9 Å². The van der Waals surface area contributed by atoms with Crippen molar-refractivity contribution in [1.29, 1.82) is 0 Å². The van der Waals surface area contributed by atoms with Crippen molar-refractivity contribution in [2.75, 3.05) is 7.11 Å². The Morgan fingerprint density at radius 3 is 2.36 bits per heavy atom. The number of nitrogens with one attached hydrogen (secondary N) is 1. The largest absolute Gasteiger partial charge is 0.573 e. The van der Waals surface area contributed by atoms with E-state index in [1.807, 2.05) is 0 Å². The van der Waals surface area contributed by atoms with Crippen LogP contribution in [0.1, 0.15) is 18.0 Å². The number of carbonyl (C=O) groups excluding carboxylic acids is 1. The summed E-state index contributed by atoms with van der Waals surface area (Å²) in [5, 5.41) is 0. The minimum Gasteiger partial charge on any atom is -0.469 e. The van der Waals surface area contributed by atoms with Crippen molar-refractivity contribution in [3.63, 3.8) is 0 Å².